The maximum absolute atomic E-state index is 12.6. The molecule has 154 valence electrons. The van der Waals surface area contributed by atoms with E-state index in [0.717, 1.165) is 29.3 Å². The van der Waals surface area contributed by atoms with Gasteiger partial charge in [-0.2, -0.15) is 0 Å². The van der Waals surface area contributed by atoms with Crippen molar-refractivity contribution in [1.82, 2.24) is 4.90 Å². The molecule has 0 unspecified atom stereocenters. The number of fused-ring (bicyclic) bond motifs is 5. The highest BCUT2D eigenvalue weighted by atomic mass is 79.9. The number of aryl methyl sites for hydroxylation is 1. The molecule has 2 saturated carbocycles. The van der Waals surface area contributed by atoms with E-state index in [1.54, 1.807) is 12.1 Å². The quantitative estimate of drug-likeness (QED) is 0.518. The van der Waals surface area contributed by atoms with Crippen LogP contribution in [0.3, 0.4) is 0 Å². The Labute approximate surface area is 177 Å². The van der Waals surface area contributed by atoms with Crippen molar-refractivity contribution in [3.63, 3.8) is 0 Å². The summed E-state index contributed by atoms with van der Waals surface area (Å²) in [4.78, 5) is 50.4. The third-order valence-electron chi connectivity index (χ3n) is 6.36. The first kappa shape index (κ1) is 20.1. The molecule has 1 heterocycles. The Balaban J connectivity index is 1.23. The number of nitrogens with zero attached hydrogens (tertiary/aromatic N) is 1. The summed E-state index contributed by atoms with van der Waals surface area (Å²) >= 11 is 3.39. The van der Waals surface area contributed by atoms with Gasteiger partial charge in [-0.1, -0.05) is 15.9 Å². The molecular formula is C21H23BrN2O5. The number of amides is 3. The third kappa shape index (κ3) is 3.82. The lowest BCUT2D eigenvalue weighted by Crippen LogP contribution is -2.35. The molecular weight excluding hydrogens is 440 g/mol. The highest BCUT2D eigenvalue weighted by Crippen LogP contribution is 2.56. The van der Waals surface area contributed by atoms with Crippen LogP contribution in [0.2, 0.25) is 0 Å². The molecule has 0 spiro atoms. The van der Waals surface area contributed by atoms with Crippen LogP contribution in [0.1, 0.15) is 31.2 Å². The molecule has 0 aromatic heterocycles. The van der Waals surface area contributed by atoms with Crippen LogP contribution in [0.25, 0.3) is 0 Å². The lowest BCUT2D eigenvalue weighted by molar-refractivity contribution is -0.149. The number of halogens is 1. The molecule has 8 heteroatoms. The number of likely N-dealkylation sites (tertiary alicyclic amines) is 1. The molecule has 4 atom stereocenters. The number of rotatable bonds is 6. The van der Waals surface area contributed by atoms with E-state index in [1.165, 1.54) is 4.90 Å². The maximum Gasteiger partial charge on any atom is 0.308 e. The highest BCUT2D eigenvalue weighted by molar-refractivity contribution is 9.10. The first-order valence-corrected chi connectivity index (χ1v) is 10.7. The first-order valence-electron chi connectivity index (χ1n) is 9.92. The van der Waals surface area contributed by atoms with Gasteiger partial charge in [-0.15, -0.1) is 0 Å². The van der Waals surface area contributed by atoms with Crippen LogP contribution in [0, 0.1) is 30.6 Å². The number of esters is 1. The van der Waals surface area contributed by atoms with Crippen molar-refractivity contribution < 1.29 is 23.9 Å². The van der Waals surface area contributed by atoms with E-state index >= 15 is 0 Å². The van der Waals surface area contributed by atoms with E-state index in [9.17, 15) is 19.2 Å². The summed E-state index contributed by atoms with van der Waals surface area (Å²) in [5, 5.41) is 2.66. The van der Waals surface area contributed by atoms with Crippen molar-refractivity contribution >= 4 is 45.3 Å². The second kappa shape index (κ2) is 7.89. The van der Waals surface area contributed by atoms with Crippen molar-refractivity contribution in [2.24, 2.45) is 23.7 Å². The van der Waals surface area contributed by atoms with Gasteiger partial charge in [-0.25, -0.2) is 0 Å². The minimum Gasteiger partial charge on any atom is -0.456 e. The zero-order chi connectivity index (χ0) is 20.7. The van der Waals surface area contributed by atoms with Crippen molar-refractivity contribution in [3.8, 4) is 0 Å². The largest absolute Gasteiger partial charge is 0.456 e. The Morgan fingerprint density at radius 3 is 2.45 bits per heavy atom. The molecule has 4 rings (SSSR count). The van der Waals surface area contributed by atoms with E-state index in [1.807, 2.05) is 13.0 Å². The molecule has 2 aliphatic carbocycles. The molecule has 1 aliphatic heterocycles. The Kier molecular flexibility index (Phi) is 5.46. The monoisotopic (exact) mass is 462 g/mol. The molecule has 3 aliphatic rings. The fraction of sp³-hybridized carbons (Fsp3) is 0.524. The van der Waals surface area contributed by atoms with E-state index in [0.29, 0.717) is 17.5 Å². The molecule has 3 amide bonds. The number of hydrogen-bond acceptors (Lipinski definition) is 5. The van der Waals surface area contributed by atoms with Gasteiger partial charge in [-0.05, 0) is 61.8 Å². The Morgan fingerprint density at radius 2 is 1.83 bits per heavy atom. The Morgan fingerprint density at radius 1 is 1.17 bits per heavy atom. The lowest BCUT2D eigenvalue weighted by atomic mass is 9.81. The molecule has 1 aromatic rings. The molecule has 1 N–H and O–H groups in total. The molecule has 1 aromatic carbocycles. The lowest BCUT2D eigenvalue weighted by Gasteiger charge is -2.19. The molecule has 3 fully saturated rings. The molecule has 29 heavy (non-hydrogen) atoms. The normalized spacial score (nSPS) is 27.3. The smallest absolute Gasteiger partial charge is 0.308 e. The van der Waals surface area contributed by atoms with Crippen LogP contribution in [-0.4, -0.2) is 41.7 Å². The predicted molar refractivity (Wildman–Crippen MR) is 108 cm³/mol. The van der Waals surface area contributed by atoms with Gasteiger partial charge in [0, 0.05) is 16.7 Å². The summed E-state index contributed by atoms with van der Waals surface area (Å²) in [5.41, 5.74) is 1.58. The number of carbonyl (C=O) groups is 4. The fourth-order valence-electron chi connectivity index (χ4n) is 5.03. The van der Waals surface area contributed by atoms with Crippen LogP contribution in [0.4, 0.5) is 5.69 Å². The average Bonchev–Trinajstić information content (AvgIpc) is 3.36. The van der Waals surface area contributed by atoms with Gasteiger partial charge < -0.3 is 10.1 Å². The van der Waals surface area contributed by atoms with E-state index in [4.69, 9.17) is 4.74 Å². The van der Waals surface area contributed by atoms with Crippen LogP contribution in [-0.2, 0) is 23.9 Å². The summed E-state index contributed by atoms with van der Waals surface area (Å²) in [5.74, 6) is -1.04. The maximum atomic E-state index is 12.6. The SMILES string of the molecule is Cc1cc(NC(=O)COC(=O)CCN2C(=O)[C@@H]3[C@H]4CC[C@@H](C4)[C@@H]3C2=O)ccc1Br. The van der Waals surface area contributed by atoms with Gasteiger partial charge in [0.2, 0.25) is 11.8 Å². The Bertz CT molecular complexity index is 858. The van der Waals surface area contributed by atoms with Gasteiger partial charge in [-0.3, -0.25) is 24.1 Å². The van der Waals surface area contributed by atoms with Crippen molar-refractivity contribution in [2.75, 3.05) is 18.5 Å². The van der Waals surface area contributed by atoms with Gasteiger partial charge in [0.05, 0.1) is 18.3 Å². The molecule has 1 saturated heterocycles. The minimum atomic E-state index is -0.604. The van der Waals surface area contributed by atoms with Gasteiger partial charge in [0.25, 0.3) is 5.91 Å². The number of hydrogen-bond donors (Lipinski definition) is 1. The molecule has 0 radical (unpaired) electrons. The number of anilines is 1. The van der Waals surface area contributed by atoms with E-state index in [2.05, 4.69) is 21.2 Å². The summed E-state index contributed by atoms with van der Waals surface area (Å²) in [6.45, 7) is 1.52. The standard InChI is InChI=1S/C21H23BrN2O5/c1-11-8-14(4-5-15(11)22)23-16(25)10-29-17(26)6-7-24-20(27)18-12-2-3-13(9-12)19(18)21(24)28/h4-5,8,12-13,18-19H,2-3,6-7,9-10H2,1H3,(H,23,25)/t12-,13-,18-,19+/m0/s1. The van der Waals surface area contributed by atoms with Crippen molar-refractivity contribution in [2.45, 2.75) is 32.6 Å². The topological polar surface area (TPSA) is 92.8 Å². The summed E-state index contributed by atoms with van der Waals surface area (Å²) < 4.78 is 5.93. The predicted octanol–water partition coefficient (Wildman–Crippen LogP) is 2.66. The van der Waals surface area contributed by atoms with Gasteiger partial charge in [0.1, 0.15) is 0 Å². The number of ether oxygens (including phenoxy) is 1. The number of nitrogens with one attached hydrogen (secondary N) is 1. The fourth-order valence-corrected chi connectivity index (χ4v) is 5.28. The highest BCUT2D eigenvalue weighted by Gasteiger charge is 2.60. The second-order valence-corrected chi connectivity index (χ2v) is 8.99. The van der Waals surface area contributed by atoms with E-state index in [-0.39, 0.29) is 36.6 Å². The summed E-state index contributed by atoms with van der Waals surface area (Å²) in [7, 11) is 0. The third-order valence-corrected chi connectivity index (χ3v) is 7.25. The van der Waals surface area contributed by atoms with Crippen molar-refractivity contribution in [3.05, 3.63) is 28.2 Å². The molecule has 2 bridgehead atoms. The van der Waals surface area contributed by atoms with Crippen molar-refractivity contribution in [1.29, 1.82) is 0 Å². The Hall–Kier alpha value is -2.22. The van der Waals surface area contributed by atoms with Gasteiger partial charge in [0.15, 0.2) is 6.61 Å². The van der Waals surface area contributed by atoms with Crippen LogP contribution in [0.15, 0.2) is 22.7 Å². The number of imide groups is 1. The van der Waals surface area contributed by atoms with E-state index < -0.39 is 18.5 Å². The minimum absolute atomic E-state index is 0.0243. The average molecular weight is 463 g/mol. The number of benzene rings is 1. The summed E-state index contributed by atoms with van der Waals surface area (Å²) in [6, 6.07) is 5.37. The van der Waals surface area contributed by atoms with Crippen LogP contribution in [0.5, 0.6) is 0 Å². The first-order chi connectivity index (χ1) is 13.8. The van der Waals surface area contributed by atoms with Crippen LogP contribution >= 0.6 is 15.9 Å². The van der Waals surface area contributed by atoms with Gasteiger partial charge >= 0.3 is 5.97 Å². The zero-order valence-electron chi connectivity index (χ0n) is 16.2. The number of carbonyl (C=O) groups excluding carboxylic acids is 4. The zero-order valence-corrected chi connectivity index (χ0v) is 17.7. The van der Waals surface area contributed by atoms with Crippen LogP contribution < -0.4 is 5.32 Å². The summed E-state index contributed by atoms with van der Waals surface area (Å²) in [6.07, 6.45) is 2.92. The molecule has 7 nitrogen and oxygen atoms in total. The second-order valence-electron chi connectivity index (χ2n) is 8.14.